The number of thiophene rings is 1. The molecule has 0 saturated carbocycles. The zero-order valence-electron chi connectivity index (χ0n) is 20.1. The Kier molecular flexibility index (Phi) is 8.28. The molecular weight excluding hydrogens is 516 g/mol. The van der Waals surface area contributed by atoms with Crippen molar-refractivity contribution in [2.24, 2.45) is 0 Å². The molecule has 0 saturated heterocycles. The number of methoxy groups -OCH3 is 1. The first-order chi connectivity index (χ1) is 17.8. The van der Waals surface area contributed by atoms with E-state index in [1.165, 1.54) is 4.68 Å². The first-order valence-electron chi connectivity index (χ1n) is 11.3. The summed E-state index contributed by atoms with van der Waals surface area (Å²) in [6, 6.07) is 14.9. The quantitative estimate of drug-likeness (QED) is 0.193. The van der Waals surface area contributed by atoms with E-state index in [1.807, 2.05) is 36.4 Å². The van der Waals surface area contributed by atoms with Crippen LogP contribution in [0.3, 0.4) is 0 Å². The smallest absolute Gasteiger partial charge is 0.250 e. The summed E-state index contributed by atoms with van der Waals surface area (Å²) < 4.78 is 35.5. The number of benzene rings is 1. The predicted molar refractivity (Wildman–Crippen MR) is 137 cm³/mol. The lowest BCUT2D eigenvalue weighted by atomic mass is 10.0. The second kappa shape index (κ2) is 11.6. The van der Waals surface area contributed by atoms with Gasteiger partial charge < -0.3 is 4.74 Å². The number of aromatic nitrogens is 4. The third-order valence-corrected chi connectivity index (χ3v) is 8.76. The molecule has 13 heteroatoms. The summed E-state index contributed by atoms with van der Waals surface area (Å²) in [4.78, 5) is 16.9. The lowest BCUT2D eigenvalue weighted by Gasteiger charge is -2.16. The molecule has 0 radical (unpaired) electrons. The molecule has 4 rings (SSSR count). The van der Waals surface area contributed by atoms with E-state index >= 15 is 0 Å². The Bertz CT molecular complexity index is 1440. The zero-order chi connectivity index (χ0) is 26.4. The van der Waals surface area contributed by atoms with Crippen molar-refractivity contribution in [3.05, 3.63) is 78.2 Å². The Labute approximate surface area is 218 Å². The van der Waals surface area contributed by atoms with Gasteiger partial charge >= 0.3 is 0 Å². The van der Waals surface area contributed by atoms with Gasteiger partial charge in [-0.3, -0.25) is 15.0 Å². The van der Waals surface area contributed by atoms with Crippen LogP contribution in [-0.4, -0.2) is 46.6 Å². The van der Waals surface area contributed by atoms with Crippen molar-refractivity contribution in [3.8, 4) is 16.3 Å². The number of carbonyl (C=O) groups is 1. The van der Waals surface area contributed by atoms with Crippen molar-refractivity contribution in [2.75, 3.05) is 7.11 Å². The summed E-state index contributed by atoms with van der Waals surface area (Å²) in [7, 11) is -2.25. The lowest BCUT2D eigenvalue weighted by molar-refractivity contribution is -0.130. The number of nitrogens with zero attached hydrogens (tertiary/aromatic N) is 4. The van der Waals surface area contributed by atoms with Crippen LogP contribution < -0.4 is 14.9 Å². The monoisotopic (exact) mass is 542 g/mol. The minimum absolute atomic E-state index is 0.0586. The zero-order valence-corrected chi connectivity index (χ0v) is 21.7. The summed E-state index contributed by atoms with van der Waals surface area (Å²) in [6.45, 7) is 1.66. The molecule has 0 aliphatic carbocycles. The highest BCUT2D eigenvalue weighted by Gasteiger charge is 2.24. The molecule has 0 spiro atoms. The van der Waals surface area contributed by atoms with Gasteiger partial charge in [0, 0.05) is 6.20 Å². The molecule has 3 heterocycles. The first kappa shape index (κ1) is 26.4. The Hall–Kier alpha value is -3.65. The maximum absolute atomic E-state index is 13.0. The van der Waals surface area contributed by atoms with Crippen LogP contribution >= 0.6 is 11.3 Å². The molecule has 37 heavy (non-hydrogen) atoms. The van der Waals surface area contributed by atoms with E-state index in [4.69, 9.17) is 9.94 Å². The molecule has 0 fully saturated rings. The molecule has 0 aliphatic rings. The molecule has 1 amide bonds. The number of hydrogen-bond acceptors (Lipinski definition) is 9. The molecule has 3 aromatic heterocycles. The number of nitrogens with one attached hydrogen (secondary N) is 2. The number of pyridine rings is 1. The van der Waals surface area contributed by atoms with Gasteiger partial charge in [-0.1, -0.05) is 23.4 Å². The number of sulfonamides is 1. The van der Waals surface area contributed by atoms with Crippen LogP contribution in [0.4, 0.5) is 0 Å². The highest BCUT2D eigenvalue weighted by Crippen LogP contribution is 2.30. The molecule has 194 valence electrons. The van der Waals surface area contributed by atoms with Crippen molar-refractivity contribution in [1.29, 1.82) is 0 Å². The van der Waals surface area contributed by atoms with Crippen LogP contribution in [-0.2, 0) is 21.2 Å². The summed E-state index contributed by atoms with van der Waals surface area (Å²) in [5.74, 6) is 0.126. The SMILES string of the molecule is COc1ccc(C[C@@H](CC(=O)NO)n2cc([C@@H](C)NS(=O)(=O)c3ccc(-c4ccccn4)s3)nn2)cc1. The number of amides is 1. The Morgan fingerprint density at radius 1 is 1.16 bits per heavy atom. The Morgan fingerprint density at radius 2 is 1.95 bits per heavy atom. The molecule has 0 aliphatic heterocycles. The van der Waals surface area contributed by atoms with Crippen LogP contribution in [0.5, 0.6) is 5.75 Å². The van der Waals surface area contributed by atoms with Crippen LogP contribution in [0, 0.1) is 0 Å². The number of rotatable bonds is 11. The van der Waals surface area contributed by atoms with Gasteiger partial charge in [0.05, 0.1) is 42.4 Å². The van der Waals surface area contributed by atoms with Gasteiger partial charge in [-0.25, -0.2) is 23.3 Å². The second-order valence-corrected chi connectivity index (χ2v) is 11.3. The van der Waals surface area contributed by atoms with Crippen LogP contribution in [0.15, 0.2) is 71.2 Å². The second-order valence-electron chi connectivity index (χ2n) is 8.25. The molecule has 1 aromatic carbocycles. The molecule has 0 bridgehead atoms. The topological polar surface area (TPSA) is 148 Å². The van der Waals surface area contributed by atoms with Gasteiger partial charge in [0.15, 0.2) is 0 Å². The number of hydrogen-bond donors (Lipinski definition) is 3. The van der Waals surface area contributed by atoms with Crippen molar-refractivity contribution < 1.29 is 23.2 Å². The molecule has 4 aromatic rings. The minimum atomic E-state index is -3.83. The van der Waals surface area contributed by atoms with Crippen molar-refractivity contribution in [2.45, 2.75) is 36.1 Å². The summed E-state index contributed by atoms with van der Waals surface area (Å²) >= 11 is 1.12. The Morgan fingerprint density at radius 3 is 2.62 bits per heavy atom. The number of hydroxylamine groups is 1. The lowest BCUT2D eigenvalue weighted by Crippen LogP contribution is -2.26. The fourth-order valence-electron chi connectivity index (χ4n) is 3.68. The first-order valence-corrected chi connectivity index (χ1v) is 13.6. The minimum Gasteiger partial charge on any atom is -0.497 e. The normalized spacial score (nSPS) is 13.2. The van der Waals surface area contributed by atoms with E-state index in [1.54, 1.807) is 50.1 Å². The standard InChI is InChI=1S/C24H26N6O5S2/c1-16(28-37(33,34)24-11-10-22(36-24)20-5-3-4-12-25-20)21-15-30(29-26-21)18(14-23(31)27-32)13-17-6-8-19(35-2)9-7-17/h3-12,15-16,18,28,32H,13-14H2,1-2H3,(H,27,31)/t16-,18+/m1/s1. The van der Waals surface area contributed by atoms with E-state index < -0.39 is 28.0 Å². The third-order valence-electron chi connectivity index (χ3n) is 5.62. The maximum atomic E-state index is 13.0. The molecule has 11 nitrogen and oxygen atoms in total. The number of ether oxygens (including phenoxy) is 1. The highest BCUT2D eigenvalue weighted by molar-refractivity contribution is 7.91. The molecule has 3 N–H and O–H groups in total. The molecule has 0 unspecified atom stereocenters. The van der Waals surface area contributed by atoms with Gasteiger partial charge in [-0.05, 0) is 55.3 Å². The van der Waals surface area contributed by atoms with E-state index in [9.17, 15) is 13.2 Å². The van der Waals surface area contributed by atoms with Crippen LogP contribution in [0.1, 0.15) is 36.7 Å². The molecule has 2 atom stereocenters. The number of carbonyl (C=O) groups excluding carboxylic acids is 1. The fourth-order valence-corrected chi connectivity index (χ4v) is 6.20. The van der Waals surface area contributed by atoms with Gasteiger partial charge in [0.25, 0.3) is 10.0 Å². The summed E-state index contributed by atoms with van der Waals surface area (Å²) in [6.07, 6.45) is 3.61. The maximum Gasteiger partial charge on any atom is 0.250 e. The summed E-state index contributed by atoms with van der Waals surface area (Å²) in [5.41, 5.74) is 3.64. The van der Waals surface area contributed by atoms with E-state index in [0.717, 1.165) is 21.8 Å². The van der Waals surface area contributed by atoms with Gasteiger partial charge in [-0.2, -0.15) is 0 Å². The van der Waals surface area contributed by atoms with E-state index in [-0.39, 0.29) is 10.6 Å². The van der Waals surface area contributed by atoms with E-state index in [2.05, 4.69) is 20.0 Å². The van der Waals surface area contributed by atoms with Gasteiger partial charge in [0.2, 0.25) is 5.91 Å². The van der Waals surface area contributed by atoms with E-state index in [0.29, 0.717) is 23.6 Å². The molecular formula is C24H26N6O5S2. The predicted octanol–water partition coefficient (Wildman–Crippen LogP) is 3.13. The van der Waals surface area contributed by atoms with Crippen molar-refractivity contribution in [1.82, 2.24) is 30.2 Å². The van der Waals surface area contributed by atoms with Crippen LogP contribution in [0.25, 0.3) is 10.6 Å². The fraction of sp³-hybridized carbons (Fsp3) is 0.250. The van der Waals surface area contributed by atoms with Gasteiger partial charge in [0.1, 0.15) is 15.7 Å². The van der Waals surface area contributed by atoms with Crippen molar-refractivity contribution in [3.63, 3.8) is 0 Å². The largest absolute Gasteiger partial charge is 0.497 e. The average Bonchev–Trinajstić information content (AvgIpc) is 3.60. The average molecular weight is 543 g/mol. The van der Waals surface area contributed by atoms with Crippen molar-refractivity contribution >= 4 is 27.3 Å². The van der Waals surface area contributed by atoms with Crippen LogP contribution in [0.2, 0.25) is 0 Å². The third kappa shape index (κ3) is 6.57. The Balaban J connectivity index is 1.49. The van der Waals surface area contributed by atoms with Gasteiger partial charge in [-0.15, -0.1) is 16.4 Å². The highest BCUT2D eigenvalue weighted by atomic mass is 32.2. The summed E-state index contributed by atoms with van der Waals surface area (Å²) in [5, 5.41) is 17.3.